The van der Waals surface area contributed by atoms with Gasteiger partial charge in [-0.25, -0.2) is 4.39 Å². The summed E-state index contributed by atoms with van der Waals surface area (Å²) in [6.07, 6.45) is 1.91. The Labute approximate surface area is 130 Å². The van der Waals surface area contributed by atoms with Gasteiger partial charge in [0, 0.05) is 22.3 Å². The molecular formula is C15H14BrFN4. The van der Waals surface area contributed by atoms with Crippen LogP contribution in [0.4, 0.5) is 4.39 Å². The van der Waals surface area contributed by atoms with Crippen LogP contribution in [0.25, 0.3) is 5.65 Å². The molecule has 108 valence electrons. The number of pyridine rings is 1. The van der Waals surface area contributed by atoms with Crippen LogP contribution in [0.1, 0.15) is 24.4 Å². The molecule has 6 heteroatoms. The van der Waals surface area contributed by atoms with Crippen LogP contribution in [0.5, 0.6) is 0 Å². The third-order valence-electron chi connectivity index (χ3n) is 3.38. The minimum Gasteiger partial charge on any atom is -0.303 e. The zero-order chi connectivity index (χ0) is 14.8. The molecular weight excluding hydrogens is 335 g/mol. The largest absolute Gasteiger partial charge is 0.303 e. The minimum atomic E-state index is -0.218. The quantitative estimate of drug-likeness (QED) is 0.784. The summed E-state index contributed by atoms with van der Waals surface area (Å²) < 4.78 is 16.6. The molecule has 0 aliphatic heterocycles. The Morgan fingerprint density at radius 2 is 2.14 bits per heavy atom. The van der Waals surface area contributed by atoms with E-state index in [1.165, 1.54) is 6.07 Å². The second-order valence-corrected chi connectivity index (χ2v) is 5.73. The number of nitrogens with one attached hydrogen (secondary N) is 1. The highest BCUT2D eigenvalue weighted by molar-refractivity contribution is 9.10. The van der Waals surface area contributed by atoms with Crippen LogP contribution in [0.3, 0.4) is 0 Å². The van der Waals surface area contributed by atoms with Crippen LogP contribution in [-0.2, 0) is 6.54 Å². The topological polar surface area (TPSA) is 42.2 Å². The minimum absolute atomic E-state index is 0.126. The molecule has 4 nitrogen and oxygen atoms in total. The van der Waals surface area contributed by atoms with Crippen molar-refractivity contribution in [1.29, 1.82) is 0 Å². The first-order valence-electron chi connectivity index (χ1n) is 6.62. The van der Waals surface area contributed by atoms with Gasteiger partial charge in [-0.3, -0.25) is 4.40 Å². The van der Waals surface area contributed by atoms with E-state index in [1.54, 1.807) is 12.1 Å². The van der Waals surface area contributed by atoms with Crippen LogP contribution in [0, 0.1) is 5.82 Å². The SMILES string of the molecule is CC(NCc1nnc2ccccn12)c1cc(Br)ccc1F. The number of benzene rings is 1. The van der Waals surface area contributed by atoms with Crippen LogP contribution in [-0.4, -0.2) is 14.6 Å². The molecule has 21 heavy (non-hydrogen) atoms. The van der Waals surface area contributed by atoms with Gasteiger partial charge in [0.15, 0.2) is 11.5 Å². The summed E-state index contributed by atoms with van der Waals surface area (Å²) in [6.45, 7) is 2.44. The smallest absolute Gasteiger partial charge is 0.160 e. The molecule has 0 radical (unpaired) electrons. The number of nitrogens with zero attached hydrogens (tertiary/aromatic N) is 3. The zero-order valence-electron chi connectivity index (χ0n) is 11.4. The van der Waals surface area contributed by atoms with Gasteiger partial charge >= 0.3 is 0 Å². The molecule has 1 atom stereocenters. The van der Waals surface area contributed by atoms with E-state index in [4.69, 9.17) is 0 Å². The van der Waals surface area contributed by atoms with E-state index in [0.29, 0.717) is 12.1 Å². The summed E-state index contributed by atoms with van der Waals surface area (Å²) in [5.74, 6) is 0.581. The second kappa shape index (κ2) is 5.91. The molecule has 0 saturated heterocycles. The summed E-state index contributed by atoms with van der Waals surface area (Å²) in [5.41, 5.74) is 1.42. The second-order valence-electron chi connectivity index (χ2n) is 4.81. The highest BCUT2D eigenvalue weighted by atomic mass is 79.9. The van der Waals surface area contributed by atoms with Crippen molar-refractivity contribution in [2.24, 2.45) is 0 Å². The number of hydrogen-bond donors (Lipinski definition) is 1. The fourth-order valence-corrected chi connectivity index (χ4v) is 2.59. The summed E-state index contributed by atoms with van der Waals surface area (Å²) in [5, 5.41) is 11.5. The van der Waals surface area contributed by atoms with Crippen LogP contribution in [0.15, 0.2) is 47.1 Å². The van der Waals surface area contributed by atoms with Gasteiger partial charge in [0.1, 0.15) is 5.82 Å². The standard InChI is InChI=1S/C15H14BrFN4/c1-10(12-8-11(16)5-6-13(12)17)18-9-15-20-19-14-4-2-3-7-21(14)15/h2-8,10,18H,9H2,1H3. The molecule has 0 aliphatic carbocycles. The maximum atomic E-state index is 13.8. The van der Waals surface area contributed by atoms with Gasteiger partial charge in [-0.15, -0.1) is 10.2 Å². The maximum absolute atomic E-state index is 13.8. The molecule has 0 amide bonds. The Balaban J connectivity index is 1.76. The number of fused-ring (bicyclic) bond motifs is 1. The lowest BCUT2D eigenvalue weighted by atomic mass is 10.1. The average Bonchev–Trinajstić information content (AvgIpc) is 2.90. The number of halogens is 2. The Bertz CT molecular complexity index is 771. The monoisotopic (exact) mass is 348 g/mol. The summed E-state index contributed by atoms with van der Waals surface area (Å²) >= 11 is 3.37. The van der Waals surface area contributed by atoms with Gasteiger partial charge in [-0.1, -0.05) is 22.0 Å². The Kier molecular flexibility index (Phi) is 3.98. The summed E-state index contributed by atoms with van der Waals surface area (Å²) in [7, 11) is 0. The lowest BCUT2D eigenvalue weighted by Crippen LogP contribution is -2.20. The van der Waals surface area contributed by atoms with E-state index in [9.17, 15) is 4.39 Å². The summed E-state index contributed by atoms with van der Waals surface area (Å²) in [6, 6.07) is 10.6. The van der Waals surface area contributed by atoms with E-state index in [-0.39, 0.29) is 11.9 Å². The van der Waals surface area contributed by atoms with Crippen LogP contribution >= 0.6 is 15.9 Å². The molecule has 0 aliphatic rings. The summed E-state index contributed by atoms with van der Waals surface area (Å²) in [4.78, 5) is 0. The fourth-order valence-electron chi connectivity index (χ4n) is 2.21. The molecule has 2 heterocycles. The predicted molar refractivity (Wildman–Crippen MR) is 82.3 cm³/mol. The van der Waals surface area contributed by atoms with Crippen molar-refractivity contribution in [3.63, 3.8) is 0 Å². The first-order chi connectivity index (χ1) is 10.1. The fraction of sp³-hybridized carbons (Fsp3) is 0.200. The van der Waals surface area contributed by atoms with E-state index < -0.39 is 0 Å². The van der Waals surface area contributed by atoms with Crippen LogP contribution < -0.4 is 5.32 Å². The van der Waals surface area contributed by atoms with Crippen molar-refractivity contribution in [3.8, 4) is 0 Å². The van der Waals surface area contributed by atoms with Gasteiger partial charge in [0.25, 0.3) is 0 Å². The zero-order valence-corrected chi connectivity index (χ0v) is 13.0. The third kappa shape index (κ3) is 2.96. The average molecular weight is 349 g/mol. The van der Waals surface area contributed by atoms with Gasteiger partial charge in [0.05, 0.1) is 6.54 Å². The van der Waals surface area contributed by atoms with Gasteiger partial charge in [0.2, 0.25) is 0 Å². The lowest BCUT2D eigenvalue weighted by Gasteiger charge is -2.14. The normalized spacial score (nSPS) is 12.7. The molecule has 0 fully saturated rings. The van der Waals surface area contributed by atoms with Crippen molar-refractivity contribution in [1.82, 2.24) is 19.9 Å². The molecule has 0 spiro atoms. The van der Waals surface area contributed by atoms with E-state index in [1.807, 2.05) is 35.7 Å². The van der Waals surface area contributed by atoms with Crippen LogP contribution in [0.2, 0.25) is 0 Å². The molecule has 3 aromatic rings. The Morgan fingerprint density at radius 1 is 1.29 bits per heavy atom. The molecule has 0 bridgehead atoms. The number of aromatic nitrogens is 3. The molecule has 1 N–H and O–H groups in total. The molecule has 1 aromatic carbocycles. The van der Waals surface area contributed by atoms with E-state index >= 15 is 0 Å². The number of rotatable bonds is 4. The highest BCUT2D eigenvalue weighted by Crippen LogP contribution is 2.21. The number of hydrogen-bond acceptors (Lipinski definition) is 3. The molecule has 0 saturated carbocycles. The van der Waals surface area contributed by atoms with E-state index in [2.05, 4.69) is 31.4 Å². The van der Waals surface area contributed by atoms with Gasteiger partial charge < -0.3 is 5.32 Å². The van der Waals surface area contributed by atoms with Crippen molar-refractivity contribution in [2.75, 3.05) is 0 Å². The van der Waals surface area contributed by atoms with Crippen molar-refractivity contribution < 1.29 is 4.39 Å². The van der Waals surface area contributed by atoms with Crippen molar-refractivity contribution in [3.05, 3.63) is 64.3 Å². The van der Waals surface area contributed by atoms with Gasteiger partial charge in [-0.05, 0) is 37.3 Å². The Hall–Kier alpha value is -1.79. The predicted octanol–water partition coefficient (Wildman–Crippen LogP) is 3.48. The van der Waals surface area contributed by atoms with Gasteiger partial charge in [-0.2, -0.15) is 0 Å². The maximum Gasteiger partial charge on any atom is 0.160 e. The van der Waals surface area contributed by atoms with Crippen molar-refractivity contribution in [2.45, 2.75) is 19.5 Å². The van der Waals surface area contributed by atoms with Crippen molar-refractivity contribution >= 4 is 21.6 Å². The highest BCUT2D eigenvalue weighted by Gasteiger charge is 2.12. The Morgan fingerprint density at radius 3 is 3.00 bits per heavy atom. The third-order valence-corrected chi connectivity index (χ3v) is 3.87. The molecule has 3 rings (SSSR count). The lowest BCUT2D eigenvalue weighted by molar-refractivity contribution is 0.518. The first kappa shape index (κ1) is 14.2. The van der Waals surface area contributed by atoms with E-state index in [0.717, 1.165) is 15.9 Å². The first-order valence-corrected chi connectivity index (χ1v) is 7.41. The molecule has 1 unspecified atom stereocenters. The molecule has 2 aromatic heterocycles.